The fourth-order valence-electron chi connectivity index (χ4n) is 1.45. The summed E-state index contributed by atoms with van der Waals surface area (Å²) in [6.45, 7) is 2.41. The summed E-state index contributed by atoms with van der Waals surface area (Å²) in [7, 11) is 0. The summed E-state index contributed by atoms with van der Waals surface area (Å²) in [6, 6.07) is 1.76. The summed E-state index contributed by atoms with van der Waals surface area (Å²) in [6.07, 6.45) is 3.04. The summed E-state index contributed by atoms with van der Waals surface area (Å²) < 4.78 is 6.45. The van der Waals surface area contributed by atoms with Gasteiger partial charge in [-0.3, -0.25) is 0 Å². The first-order valence-corrected chi connectivity index (χ1v) is 4.96. The maximum atomic E-state index is 11.6. The number of nitrogens with two attached hydrogens (primary N) is 1. The van der Waals surface area contributed by atoms with E-state index in [2.05, 4.69) is 10.1 Å². The van der Waals surface area contributed by atoms with Crippen molar-refractivity contribution in [2.75, 3.05) is 6.61 Å². The Bertz CT molecular complexity index is 521. The fraction of sp³-hybridized carbons (Fsp3) is 0.300. The highest BCUT2D eigenvalue weighted by Crippen LogP contribution is 2.11. The predicted octanol–water partition coefficient (Wildman–Crippen LogP) is 0.365. The third-order valence-corrected chi connectivity index (χ3v) is 2.18. The maximum absolute atomic E-state index is 11.6. The van der Waals surface area contributed by atoms with Crippen LogP contribution in [0, 0.1) is 0 Å². The first kappa shape index (κ1) is 10.6. The monoisotopic (exact) mass is 220 g/mol. The lowest BCUT2D eigenvalue weighted by atomic mass is 10.3. The Morgan fingerprint density at radius 3 is 3.12 bits per heavy atom. The van der Waals surface area contributed by atoms with Gasteiger partial charge in [0.2, 0.25) is 0 Å². The number of rotatable bonds is 3. The zero-order valence-electron chi connectivity index (χ0n) is 8.88. The molecule has 6 heteroatoms. The predicted molar refractivity (Wildman–Crippen MR) is 56.8 cm³/mol. The smallest absolute Gasteiger partial charge is 0.343 e. The van der Waals surface area contributed by atoms with E-state index >= 15 is 0 Å². The highest BCUT2D eigenvalue weighted by atomic mass is 16.5. The van der Waals surface area contributed by atoms with Gasteiger partial charge in [-0.25, -0.2) is 14.3 Å². The van der Waals surface area contributed by atoms with Gasteiger partial charge < -0.3 is 10.5 Å². The molecule has 0 unspecified atom stereocenters. The fourth-order valence-corrected chi connectivity index (χ4v) is 1.45. The molecule has 0 aromatic carbocycles. The molecule has 0 aliphatic rings. The van der Waals surface area contributed by atoms with Crippen molar-refractivity contribution in [2.24, 2.45) is 5.73 Å². The molecule has 16 heavy (non-hydrogen) atoms. The molecule has 0 radical (unpaired) electrons. The lowest BCUT2D eigenvalue weighted by Crippen LogP contribution is -2.08. The number of ether oxygens (including phenoxy) is 1. The highest BCUT2D eigenvalue weighted by Gasteiger charge is 2.15. The van der Waals surface area contributed by atoms with E-state index in [9.17, 15) is 4.79 Å². The summed E-state index contributed by atoms with van der Waals surface area (Å²) in [5.41, 5.74) is 7.18. The third kappa shape index (κ3) is 1.63. The summed E-state index contributed by atoms with van der Waals surface area (Å²) in [5.74, 6) is -0.417. The highest BCUT2D eigenvalue weighted by molar-refractivity contribution is 5.95. The Labute approximate surface area is 92.0 Å². The SMILES string of the molecule is CCOC(=O)c1cnn2c(CN)ccnc12. The number of carbonyl (C=O) groups is 1. The molecule has 0 saturated carbocycles. The average Bonchev–Trinajstić information content (AvgIpc) is 2.72. The average molecular weight is 220 g/mol. The van der Waals surface area contributed by atoms with Gasteiger partial charge in [-0.1, -0.05) is 0 Å². The lowest BCUT2D eigenvalue weighted by molar-refractivity contribution is 0.0528. The summed E-state index contributed by atoms with van der Waals surface area (Å²) in [5, 5.41) is 4.07. The largest absolute Gasteiger partial charge is 0.462 e. The molecule has 2 N–H and O–H groups in total. The van der Waals surface area contributed by atoms with Crippen LogP contribution in [0.2, 0.25) is 0 Å². The van der Waals surface area contributed by atoms with Crippen LogP contribution < -0.4 is 5.73 Å². The molecule has 6 nitrogen and oxygen atoms in total. The van der Waals surface area contributed by atoms with Gasteiger partial charge in [0, 0.05) is 12.7 Å². The quantitative estimate of drug-likeness (QED) is 0.755. The van der Waals surface area contributed by atoms with Gasteiger partial charge in [-0.15, -0.1) is 0 Å². The number of nitrogens with zero attached hydrogens (tertiary/aromatic N) is 3. The summed E-state index contributed by atoms with van der Waals surface area (Å²) in [4.78, 5) is 15.7. The molecule has 84 valence electrons. The van der Waals surface area contributed by atoms with Crippen LogP contribution in [-0.2, 0) is 11.3 Å². The minimum atomic E-state index is -0.417. The molecular formula is C10H12N4O2. The molecule has 0 bridgehead atoms. The Kier molecular flexibility index (Phi) is 2.82. The first-order chi connectivity index (χ1) is 7.77. The topological polar surface area (TPSA) is 82.5 Å². The van der Waals surface area contributed by atoms with E-state index in [0.29, 0.717) is 24.4 Å². The summed E-state index contributed by atoms with van der Waals surface area (Å²) >= 11 is 0. The molecule has 0 aliphatic carbocycles. The minimum absolute atomic E-state index is 0.326. The van der Waals surface area contributed by atoms with Crippen molar-refractivity contribution in [3.05, 3.63) is 29.7 Å². The van der Waals surface area contributed by atoms with Gasteiger partial charge in [0.15, 0.2) is 5.65 Å². The lowest BCUT2D eigenvalue weighted by Gasteiger charge is -2.01. The Balaban J connectivity index is 2.53. The van der Waals surface area contributed by atoms with E-state index < -0.39 is 5.97 Å². The van der Waals surface area contributed by atoms with E-state index in [1.807, 2.05) is 0 Å². The molecule has 2 aromatic rings. The molecule has 0 atom stereocenters. The van der Waals surface area contributed by atoms with Crippen LogP contribution in [0.4, 0.5) is 0 Å². The van der Waals surface area contributed by atoms with E-state index in [0.717, 1.165) is 5.69 Å². The van der Waals surface area contributed by atoms with Crippen LogP contribution >= 0.6 is 0 Å². The molecule has 0 aliphatic heterocycles. The van der Waals surface area contributed by atoms with Gasteiger partial charge in [0.1, 0.15) is 5.56 Å². The maximum Gasteiger partial charge on any atom is 0.343 e. The molecule has 2 heterocycles. The van der Waals surface area contributed by atoms with Crippen molar-refractivity contribution in [1.82, 2.24) is 14.6 Å². The number of aromatic nitrogens is 3. The van der Waals surface area contributed by atoms with Gasteiger partial charge >= 0.3 is 5.97 Å². The second kappa shape index (κ2) is 4.28. The van der Waals surface area contributed by atoms with Gasteiger partial charge in [0.25, 0.3) is 0 Å². The number of hydrogen-bond donors (Lipinski definition) is 1. The van der Waals surface area contributed by atoms with E-state index in [4.69, 9.17) is 10.5 Å². The number of fused-ring (bicyclic) bond motifs is 1. The van der Waals surface area contributed by atoms with Crippen LogP contribution in [-0.4, -0.2) is 27.2 Å². The third-order valence-electron chi connectivity index (χ3n) is 2.18. The van der Waals surface area contributed by atoms with Crippen molar-refractivity contribution in [3.8, 4) is 0 Å². The van der Waals surface area contributed by atoms with E-state index in [1.165, 1.54) is 6.20 Å². The zero-order valence-corrected chi connectivity index (χ0v) is 8.88. The molecule has 0 saturated heterocycles. The van der Waals surface area contributed by atoms with E-state index in [1.54, 1.807) is 23.7 Å². The number of hydrogen-bond acceptors (Lipinski definition) is 5. The van der Waals surface area contributed by atoms with Crippen LogP contribution in [0.25, 0.3) is 5.65 Å². The number of carbonyl (C=O) groups excluding carboxylic acids is 1. The zero-order chi connectivity index (χ0) is 11.5. The van der Waals surface area contributed by atoms with Crippen molar-refractivity contribution >= 4 is 11.6 Å². The normalized spacial score (nSPS) is 10.6. The second-order valence-electron chi connectivity index (χ2n) is 3.15. The van der Waals surface area contributed by atoms with Crippen molar-refractivity contribution in [1.29, 1.82) is 0 Å². The molecule has 2 rings (SSSR count). The first-order valence-electron chi connectivity index (χ1n) is 4.96. The Morgan fingerprint density at radius 1 is 1.62 bits per heavy atom. The standard InChI is InChI=1S/C10H12N4O2/c1-2-16-10(15)8-6-13-14-7(5-11)3-4-12-9(8)14/h3-4,6H,2,5,11H2,1H3. The van der Waals surface area contributed by atoms with E-state index in [-0.39, 0.29) is 0 Å². The van der Waals surface area contributed by atoms with Gasteiger partial charge in [0.05, 0.1) is 18.5 Å². The Morgan fingerprint density at radius 2 is 2.44 bits per heavy atom. The van der Waals surface area contributed by atoms with Gasteiger partial charge in [-0.2, -0.15) is 5.10 Å². The van der Waals surface area contributed by atoms with Crippen LogP contribution in [0.3, 0.4) is 0 Å². The molecular weight excluding hydrogens is 208 g/mol. The molecule has 0 fully saturated rings. The van der Waals surface area contributed by atoms with Gasteiger partial charge in [-0.05, 0) is 13.0 Å². The van der Waals surface area contributed by atoms with Crippen molar-refractivity contribution < 1.29 is 9.53 Å². The minimum Gasteiger partial charge on any atom is -0.462 e. The molecule has 0 spiro atoms. The van der Waals surface area contributed by atoms with Crippen molar-refractivity contribution in [2.45, 2.75) is 13.5 Å². The van der Waals surface area contributed by atoms with Crippen LogP contribution in [0.15, 0.2) is 18.5 Å². The van der Waals surface area contributed by atoms with Crippen LogP contribution in [0.1, 0.15) is 23.0 Å². The van der Waals surface area contributed by atoms with Crippen molar-refractivity contribution in [3.63, 3.8) is 0 Å². The van der Waals surface area contributed by atoms with Crippen LogP contribution in [0.5, 0.6) is 0 Å². The second-order valence-corrected chi connectivity index (χ2v) is 3.15. The molecule has 2 aromatic heterocycles. The molecule has 0 amide bonds. The number of esters is 1. The Hall–Kier alpha value is -1.95.